The number of nitrogens with zero attached hydrogens (tertiary/aromatic N) is 4. The first-order valence-electron chi connectivity index (χ1n) is 7.47. The number of hydrogen-bond donors (Lipinski definition) is 0. The highest BCUT2D eigenvalue weighted by molar-refractivity contribution is 4.90. The summed E-state index contributed by atoms with van der Waals surface area (Å²) in [5, 5.41) is 17.8. The van der Waals surface area contributed by atoms with Crippen LogP contribution >= 0.6 is 0 Å². The molecule has 1 rings (SSSR count). The Balaban J connectivity index is 2.43. The van der Waals surface area contributed by atoms with Crippen molar-refractivity contribution < 1.29 is 4.74 Å². The Kier molecular flexibility index (Phi) is 8.22. The normalized spacial score (nSPS) is 22.1. The SMILES string of the molecule is CC[C@H]1CN(C[C@H](C#N)CCC#N)CCN1CCOC. The van der Waals surface area contributed by atoms with Gasteiger partial charge in [-0.15, -0.1) is 0 Å². The molecule has 1 saturated heterocycles. The molecule has 112 valence electrons. The van der Waals surface area contributed by atoms with Crippen LogP contribution < -0.4 is 0 Å². The zero-order chi connectivity index (χ0) is 14.8. The molecule has 0 aromatic carbocycles. The van der Waals surface area contributed by atoms with Gasteiger partial charge in [0.2, 0.25) is 0 Å². The van der Waals surface area contributed by atoms with E-state index in [0.29, 0.717) is 18.9 Å². The van der Waals surface area contributed by atoms with Gasteiger partial charge in [0.15, 0.2) is 0 Å². The molecule has 0 radical (unpaired) electrons. The van der Waals surface area contributed by atoms with Crippen LogP contribution in [0.3, 0.4) is 0 Å². The Morgan fingerprint density at radius 1 is 1.35 bits per heavy atom. The maximum Gasteiger partial charge on any atom is 0.0669 e. The number of hydrogen-bond acceptors (Lipinski definition) is 5. The van der Waals surface area contributed by atoms with Crippen molar-refractivity contribution in [2.45, 2.75) is 32.2 Å². The molecule has 0 saturated carbocycles. The number of ether oxygens (including phenoxy) is 1. The van der Waals surface area contributed by atoms with Gasteiger partial charge in [-0.3, -0.25) is 9.80 Å². The molecule has 0 unspecified atom stereocenters. The maximum absolute atomic E-state index is 9.16. The van der Waals surface area contributed by atoms with Crippen LogP contribution in [0.5, 0.6) is 0 Å². The standard InChI is InChI=1S/C15H26N4O/c1-3-15-13-18(7-8-19(15)9-10-20-2)12-14(11-17)5-4-6-16/h14-15H,3-5,7-10,12-13H2,1-2H3/t14-,15-/m0/s1. The minimum Gasteiger partial charge on any atom is -0.383 e. The fourth-order valence-electron chi connectivity index (χ4n) is 2.76. The summed E-state index contributed by atoms with van der Waals surface area (Å²) in [6.45, 7) is 7.84. The lowest BCUT2D eigenvalue weighted by molar-refractivity contribution is 0.0457. The molecular formula is C15H26N4O. The average molecular weight is 278 g/mol. The van der Waals surface area contributed by atoms with Crippen molar-refractivity contribution in [3.63, 3.8) is 0 Å². The van der Waals surface area contributed by atoms with Gasteiger partial charge in [0.1, 0.15) is 0 Å². The highest BCUT2D eigenvalue weighted by Gasteiger charge is 2.26. The monoisotopic (exact) mass is 278 g/mol. The van der Waals surface area contributed by atoms with Crippen molar-refractivity contribution in [2.75, 3.05) is 46.4 Å². The molecule has 0 N–H and O–H groups in total. The van der Waals surface area contributed by atoms with Crippen molar-refractivity contribution in [1.29, 1.82) is 10.5 Å². The van der Waals surface area contributed by atoms with E-state index in [-0.39, 0.29) is 5.92 Å². The van der Waals surface area contributed by atoms with E-state index in [1.165, 1.54) is 0 Å². The van der Waals surface area contributed by atoms with Gasteiger partial charge in [-0.25, -0.2) is 0 Å². The van der Waals surface area contributed by atoms with Gasteiger partial charge in [-0.05, 0) is 12.8 Å². The molecule has 0 aromatic heterocycles. The third-order valence-corrected chi connectivity index (χ3v) is 4.01. The van der Waals surface area contributed by atoms with E-state index in [9.17, 15) is 0 Å². The highest BCUT2D eigenvalue weighted by Crippen LogP contribution is 2.15. The van der Waals surface area contributed by atoms with Crippen molar-refractivity contribution >= 4 is 0 Å². The number of piperazine rings is 1. The van der Waals surface area contributed by atoms with Crippen molar-refractivity contribution in [1.82, 2.24) is 9.80 Å². The third-order valence-electron chi connectivity index (χ3n) is 4.01. The Morgan fingerprint density at radius 3 is 2.75 bits per heavy atom. The van der Waals surface area contributed by atoms with Crippen LogP contribution in [0.4, 0.5) is 0 Å². The molecule has 5 nitrogen and oxygen atoms in total. The Hall–Kier alpha value is -1.14. The quantitative estimate of drug-likeness (QED) is 0.673. The molecule has 0 bridgehead atoms. The van der Waals surface area contributed by atoms with Crippen LogP contribution in [0.25, 0.3) is 0 Å². The number of nitriles is 2. The Labute approximate surface area is 122 Å². The second-order valence-corrected chi connectivity index (χ2v) is 5.37. The predicted molar refractivity (Wildman–Crippen MR) is 77.9 cm³/mol. The first kappa shape index (κ1) is 16.9. The molecule has 0 aromatic rings. The summed E-state index contributed by atoms with van der Waals surface area (Å²) in [6, 6.07) is 5.01. The van der Waals surface area contributed by atoms with Gasteiger partial charge in [0, 0.05) is 52.3 Å². The van der Waals surface area contributed by atoms with Crippen molar-refractivity contribution in [3.8, 4) is 12.1 Å². The summed E-state index contributed by atoms with van der Waals surface area (Å²) in [6.07, 6.45) is 2.28. The average Bonchev–Trinajstić information content (AvgIpc) is 2.49. The second kappa shape index (κ2) is 9.72. The lowest BCUT2D eigenvalue weighted by atomic mass is 10.0. The van der Waals surface area contributed by atoms with Crippen LogP contribution in [0.2, 0.25) is 0 Å². The minimum absolute atomic E-state index is 0.0160. The number of rotatable bonds is 8. The topological polar surface area (TPSA) is 63.3 Å². The van der Waals surface area contributed by atoms with Crippen molar-refractivity contribution in [3.05, 3.63) is 0 Å². The fourth-order valence-corrected chi connectivity index (χ4v) is 2.76. The highest BCUT2D eigenvalue weighted by atomic mass is 16.5. The van der Waals surface area contributed by atoms with E-state index in [4.69, 9.17) is 15.3 Å². The summed E-state index contributed by atoms with van der Waals surface area (Å²) in [5.74, 6) is -0.0160. The number of methoxy groups -OCH3 is 1. The van der Waals surface area contributed by atoms with Crippen LogP contribution in [-0.2, 0) is 4.74 Å². The molecule has 1 aliphatic heterocycles. The molecule has 2 atom stereocenters. The summed E-state index contributed by atoms with van der Waals surface area (Å²) < 4.78 is 5.16. The zero-order valence-electron chi connectivity index (χ0n) is 12.7. The lowest BCUT2D eigenvalue weighted by Crippen LogP contribution is -2.54. The summed E-state index contributed by atoms with van der Waals surface area (Å²) >= 11 is 0. The van der Waals surface area contributed by atoms with Gasteiger partial charge in [-0.2, -0.15) is 10.5 Å². The lowest BCUT2D eigenvalue weighted by Gasteiger charge is -2.41. The van der Waals surface area contributed by atoms with Crippen LogP contribution in [0.15, 0.2) is 0 Å². The summed E-state index contributed by atoms with van der Waals surface area (Å²) in [5.41, 5.74) is 0. The van der Waals surface area contributed by atoms with Gasteiger partial charge < -0.3 is 4.74 Å². The van der Waals surface area contributed by atoms with Gasteiger partial charge in [-0.1, -0.05) is 6.92 Å². The second-order valence-electron chi connectivity index (χ2n) is 5.37. The van der Waals surface area contributed by atoms with Crippen LogP contribution in [-0.4, -0.2) is 62.3 Å². The van der Waals surface area contributed by atoms with E-state index in [1.807, 2.05) is 0 Å². The molecule has 1 aliphatic rings. The largest absolute Gasteiger partial charge is 0.383 e. The molecule has 1 heterocycles. The van der Waals surface area contributed by atoms with E-state index in [1.54, 1.807) is 7.11 Å². The molecule has 0 spiro atoms. The molecule has 20 heavy (non-hydrogen) atoms. The van der Waals surface area contributed by atoms with Crippen molar-refractivity contribution in [2.24, 2.45) is 5.92 Å². The molecule has 1 fully saturated rings. The molecular weight excluding hydrogens is 252 g/mol. The maximum atomic E-state index is 9.16. The van der Waals surface area contributed by atoms with E-state index in [0.717, 1.165) is 45.8 Å². The first-order chi connectivity index (χ1) is 9.74. The predicted octanol–water partition coefficient (Wildman–Crippen LogP) is 1.47. The van der Waals surface area contributed by atoms with Gasteiger partial charge in [0.05, 0.1) is 24.7 Å². The smallest absolute Gasteiger partial charge is 0.0669 e. The summed E-state index contributed by atoms with van der Waals surface area (Å²) in [4.78, 5) is 4.86. The molecule has 5 heteroatoms. The van der Waals surface area contributed by atoms with Crippen LogP contribution in [0.1, 0.15) is 26.2 Å². The third kappa shape index (κ3) is 5.46. The van der Waals surface area contributed by atoms with E-state index >= 15 is 0 Å². The fraction of sp³-hybridized carbons (Fsp3) is 0.867. The van der Waals surface area contributed by atoms with Crippen LogP contribution in [0, 0.1) is 28.6 Å². The van der Waals surface area contributed by atoms with Gasteiger partial charge >= 0.3 is 0 Å². The zero-order valence-corrected chi connectivity index (χ0v) is 12.7. The Morgan fingerprint density at radius 2 is 2.15 bits per heavy atom. The van der Waals surface area contributed by atoms with Gasteiger partial charge in [0.25, 0.3) is 0 Å². The van der Waals surface area contributed by atoms with E-state index < -0.39 is 0 Å². The Bertz CT molecular complexity index is 347. The molecule has 0 aliphatic carbocycles. The molecule has 0 amide bonds. The van der Waals surface area contributed by atoms with E-state index in [2.05, 4.69) is 28.9 Å². The minimum atomic E-state index is -0.0160. The summed E-state index contributed by atoms with van der Waals surface area (Å²) in [7, 11) is 1.74. The first-order valence-corrected chi connectivity index (χ1v) is 7.47.